The first kappa shape index (κ1) is 8.77. The van der Waals surface area contributed by atoms with E-state index in [1.54, 1.807) is 19.6 Å². The molecule has 0 aliphatic heterocycles. The third kappa shape index (κ3) is 2.74. The molecule has 65 valence electrons. The number of carbonyl (C=O) groups excluding carboxylic acids is 1. The highest BCUT2D eigenvalue weighted by Gasteiger charge is 1.96. The molecule has 0 saturated heterocycles. The van der Waals surface area contributed by atoms with Gasteiger partial charge in [0, 0.05) is 26.2 Å². The van der Waals surface area contributed by atoms with Crippen LogP contribution in [0, 0.1) is 6.20 Å². The van der Waals surface area contributed by atoms with Crippen molar-refractivity contribution >= 4 is 5.91 Å². The predicted octanol–water partition coefficient (Wildman–Crippen LogP) is 0.209. The highest BCUT2D eigenvalue weighted by Crippen LogP contribution is 1.94. The van der Waals surface area contributed by atoms with Crippen LogP contribution in [0.15, 0.2) is 12.5 Å². The SMILES string of the molecule is CNC(=O)CCCn1c[c]nc1. The summed E-state index contributed by atoms with van der Waals surface area (Å²) in [6, 6.07) is 0. The topological polar surface area (TPSA) is 46.9 Å². The van der Waals surface area contributed by atoms with Gasteiger partial charge in [-0.2, -0.15) is 0 Å². The summed E-state index contributed by atoms with van der Waals surface area (Å²) in [5.41, 5.74) is 0. The van der Waals surface area contributed by atoms with Crippen molar-refractivity contribution in [3.8, 4) is 0 Å². The molecular weight excluding hydrogens is 154 g/mol. The van der Waals surface area contributed by atoms with E-state index in [9.17, 15) is 4.79 Å². The molecule has 4 nitrogen and oxygen atoms in total. The number of imidazole rings is 1. The van der Waals surface area contributed by atoms with Crippen LogP contribution < -0.4 is 5.32 Å². The van der Waals surface area contributed by atoms with Crippen molar-refractivity contribution in [2.24, 2.45) is 0 Å². The molecule has 1 N–H and O–H groups in total. The van der Waals surface area contributed by atoms with Gasteiger partial charge in [-0.25, -0.2) is 4.98 Å². The molecule has 1 aromatic heterocycles. The zero-order valence-corrected chi connectivity index (χ0v) is 7.08. The Morgan fingerprint density at radius 1 is 1.75 bits per heavy atom. The second-order valence-electron chi connectivity index (χ2n) is 2.52. The lowest BCUT2D eigenvalue weighted by Gasteiger charge is -2.00. The third-order valence-corrected chi connectivity index (χ3v) is 1.60. The van der Waals surface area contributed by atoms with E-state index >= 15 is 0 Å². The molecule has 0 bridgehead atoms. The first-order valence-electron chi connectivity index (χ1n) is 3.91. The summed E-state index contributed by atoms with van der Waals surface area (Å²) in [7, 11) is 1.65. The zero-order valence-electron chi connectivity index (χ0n) is 7.08. The fourth-order valence-electron chi connectivity index (χ4n) is 0.918. The predicted molar refractivity (Wildman–Crippen MR) is 44.4 cm³/mol. The van der Waals surface area contributed by atoms with Crippen LogP contribution in [0.25, 0.3) is 0 Å². The lowest BCUT2D eigenvalue weighted by molar-refractivity contribution is -0.120. The molecule has 1 radical (unpaired) electrons. The van der Waals surface area contributed by atoms with Gasteiger partial charge >= 0.3 is 0 Å². The number of rotatable bonds is 4. The number of nitrogens with one attached hydrogen (secondary N) is 1. The molecular formula is C8H12N3O. The molecule has 0 atom stereocenters. The summed E-state index contributed by atoms with van der Waals surface area (Å²) in [5, 5.41) is 2.57. The molecule has 1 heterocycles. The van der Waals surface area contributed by atoms with E-state index in [-0.39, 0.29) is 5.91 Å². The highest BCUT2D eigenvalue weighted by atomic mass is 16.1. The van der Waals surface area contributed by atoms with E-state index in [1.165, 1.54) is 0 Å². The molecule has 4 heteroatoms. The van der Waals surface area contributed by atoms with Gasteiger partial charge in [-0.05, 0) is 6.42 Å². The number of aromatic nitrogens is 2. The Balaban J connectivity index is 2.15. The van der Waals surface area contributed by atoms with Gasteiger partial charge in [-0.3, -0.25) is 4.79 Å². The van der Waals surface area contributed by atoms with Gasteiger partial charge in [0.1, 0.15) is 6.20 Å². The molecule has 1 aromatic rings. The number of aryl methyl sites for hydroxylation is 1. The smallest absolute Gasteiger partial charge is 0.219 e. The Kier molecular flexibility index (Phi) is 3.32. The summed E-state index contributed by atoms with van der Waals surface area (Å²) in [6.07, 6.45) is 7.56. The third-order valence-electron chi connectivity index (χ3n) is 1.60. The Hall–Kier alpha value is -1.32. The second kappa shape index (κ2) is 4.54. The van der Waals surface area contributed by atoms with Crippen molar-refractivity contribution in [3.63, 3.8) is 0 Å². The quantitative estimate of drug-likeness (QED) is 0.695. The minimum absolute atomic E-state index is 0.0825. The first-order valence-corrected chi connectivity index (χ1v) is 3.91. The number of nitrogens with zero attached hydrogens (tertiary/aromatic N) is 2. The first-order chi connectivity index (χ1) is 5.83. The highest BCUT2D eigenvalue weighted by molar-refractivity contribution is 5.75. The van der Waals surface area contributed by atoms with Crippen molar-refractivity contribution in [1.29, 1.82) is 0 Å². The maximum absolute atomic E-state index is 10.8. The maximum Gasteiger partial charge on any atom is 0.219 e. The van der Waals surface area contributed by atoms with Crippen LogP contribution in [0.4, 0.5) is 0 Å². The molecule has 0 unspecified atom stereocenters. The molecule has 1 rings (SSSR count). The Morgan fingerprint density at radius 3 is 3.17 bits per heavy atom. The summed E-state index contributed by atoms with van der Waals surface area (Å²) >= 11 is 0. The molecule has 0 saturated carbocycles. The molecule has 0 aliphatic rings. The zero-order chi connectivity index (χ0) is 8.81. The van der Waals surface area contributed by atoms with Crippen LogP contribution in [0.3, 0.4) is 0 Å². The Bertz CT molecular complexity index is 230. The maximum atomic E-state index is 10.8. The summed E-state index contributed by atoms with van der Waals surface area (Å²) < 4.78 is 1.91. The van der Waals surface area contributed by atoms with Crippen molar-refractivity contribution in [3.05, 3.63) is 18.7 Å². The van der Waals surface area contributed by atoms with Crippen LogP contribution in [0.5, 0.6) is 0 Å². The average Bonchev–Trinajstić information content (AvgIpc) is 2.57. The largest absolute Gasteiger partial charge is 0.359 e. The number of carbonyl (C=O) groups is 1. The lowest BCUT2D eigenvalue weighted by Crippen LogP contribution is -2.17. The van der Waals surface area contributed by atoms with E-state index in [0.29, 0.717) is 6.42 Å². The summed E-state index contributed by atoms with van der Waals surface area (Å²) in [6.45, 7) is 0.823. The number of hydrogen-bond donors (Lipinski definition) is 1. The summed E-state index contributed by atoms with van der Waals surface area (Å²) in [4.78, 5) is 14.6. The normalized spacial score (nSPS) is 9.75. The van der Waals surface area contributed by atoms with Gasteiger partial charge in [0.15, 0.2) is 0 Å². The molecule has 1 amide bonds. The standard InChI is InChI=1S/C8H12N3O/c1-9-8(12)3-2-5-11-6-4-10-7-11/h6-7H,2-3,5H2,1H3,(H,9,12). The van der Waals surface area contributed by atoms with E-state index in [4.69, 9.17) is 0 Å². The Labute approximate surface area is 71.6 Å². The monoisotopic (exact) mass is 166 g/mol. The van der Waals surface area contributed by atoms with Crippen LogP contribution >= 0.6 is 0 Å². The van der Waals surface area contributed by atoms with Crippen LogP contribution in [-0.2, 0) is 11.3 Å². The van der Waals surface area contributed by atoms with Crippen molar-refractivity contribution < 1.29 is 4.79 Å². The number of amides is 1. The fraction of sp³-hybridized carbons (Fsp3) is 0.500. The van der Waals surface area contributed by atoms with Crippen LogP contribution in [-0.4, -0.2) is 22.5 Å². The molecule has 12 heavy (non-hydrogen) atoms. The lowest BCUT2D eigenvalue weighted by atomic mass is 10.3. The second-order valence-corrected chi connectivity index (χ2v) is 2.52. The van der Waals surface area contributed by atoms with Gasteiger partial charge in [-0.15, -0.1) is 0 Å². The molecule has 0 fully saturated rings. The van der Waals surface area contributed by atoms with E-state index in [2.05, 4.69) is 16.5 Å². The van der Waals surface area contributed by atoms with Gasteiger partial charge < -0.3 is 9.88 Å². The Morgan fingerprint density at radius 2 is 2.58 bits per heavy atom. The van der Waals surface area contributed by atoms with Crippen LogP contribution in [0.1, 0.15) is 12.8 Å². The number of hydrogen-bond acceptors (Lipinski definition) is 2. The minimum atomic E-state index is 0.0825. The fourth-order valence-corrected chi connectivity index (χ4v) is 0.918. The van der Waals surface area contributed by atoms with E-state index < -0.39 is 0 Å². The summed E-state index contributed by atoms with van der Waals surface area (Å²) in [5.74, 6) is 0.0825. The van der Waals surface area contributed by atoms with Gasteiger partial charge in [0.05, 0.1) is 6.33 Å². The minimum Gasteiger partial charge on any atom is -0.359 e. The average molecular weight is 166 g/mol. The van der Waals surface area contributed by atoms with Gasteiger partial charge in [0.25, 0.3) is 0 Å². The van der Waals surface area contributed by atoms with Crippen molar-refractivity contribution in [2.75, 3.05) is 7.05 Å². The van der Waals surface area contributed by atoms with Crippen molar-refractivity contribution in [1.82, 2.24) is 14.9 Å². The van der Waals surface area contributed by atoms with Crippen LogP contribution in [0.2, 0.25) is 0 Å². The van der Waals surface area contributed by atoms with E-state index in [0.717, 1.165) is 13.0 Å². The molecule has 0 aromatic carbocycles. The van der Waals surface area contributed by atoms with E-state index in [1.807, 2.05) is 4.57 Å². The van der Waals surface area contributed by atoms with Gasteiger partial charge in [0.2, 0.25) is 5.91 Å². The van der Waals surface area contributed by atoms with Crippen molar-refractivity contribution in [2.45, 2.75) is 19.4 Å². The molecule has 0 aliphatic carbocycles. The van der Waals surface area contributed by atoms with Gasteiger partial charge in [-0.1, -0.05) is 0 Å². The molecule has 0 spiro atoms.